The van der Waals surface area contributed by atoms with Gasteiger partial charge in [0.05, 0.1) is 0 Å². The molecule has 2 nitrogen and oxygen atoms in total. The molecule has 0 spiro atoms. The van der Waals surface area contributed by atoms with Crippen molar-refractivity contribution in [1.29, 1.82) is 0 Å². The fraction of sp³-hybridized carbons (Fsp3) is 0.143. The summed E-state index contributed by atoms with van der Waals surface area (Å²) in [6, 6.07) is 17.6. The van der Waals surface area contributed by atoms with E-state index in [0.717, 1.165) is 0 Å². The van der Waals surface area contributed by atoms with Crippen LogP contribution in [-0.2, 0) is 0 Å². The van der Waals surface area contributed by atoms with Gasteiger partial charge < -0.3 is 0 Å². The number of anilines is 2. The zero-order valence-electron chi connectivity index (χ0n) is 10.4. The van der Waals surface area contributed by atoms with E-state index in [2.05, 4.69) is 59.2 Å². The predicted octanol–water partition coefficient (Wildman–Crippen LogP) is 1.04. The Balaban J connectivity index is 2.02. The van der Waals surface area contributed by atoms with Crippen LogP contribution in [0.5, 0.6) is 0 Å². The fourth-order valence-electron chi connectivity index (χ4n) is 1.52. The van der Waals surface area contributed by atoms with Crippen molar-refractivity contribution in [1.82, 2.24) is 0 Å². The molecule has 0 saturated carbocycles. The van der Waals surface area contributed by atoms with E-state index >= 15 is 0 Å². The first kappa shape index (κ1) is 14.0. The molecule has 0 atom stereocenters. The van der Waals surface area contributed by atoms with Crippen molar-refractivity contribution >= 4 is 52.7 Å². The minimum absolute atomic E-state index is 0.0184. The molecule has 0 aliphatic carbocycles. The zero-order chi connectivity index (χ0) is 12.8. The normalized spacial score (nSPS) is 10.1. The molecule has 2 N–H and O–H groups in total. The van der Waals surface area contributed by atoms with E-state index in [4.69, 9.17) is 0 Å². The van der Waals surface area contributed by atoms with E-state index in [9.17, 15) is 0 Å². The minimum atomic E-state index is -0.0368. The molecule has 0 unspecified atom stereocenters. The first-order chi connectivity index (χ1) is 8.83. The van der Waals surface area contributed by atoms with E-state index in [1.165, 1.54) is 11.4 Å². The molecule has 0 heterocycles. The number of nitrogens with one attached hydrogen (secondary N) is 2. The summed E-state index contributed by atoms with van der Waals surface area (Å²) in [4.78, 5) is 0. The molecule has 2 aromatic rings. The van der Waals surface area contributed by atoms with Gasteiger partial charge in [-0.25, -0.2) is 0 Å². The molecular formula is C14H16N2Te2. The molecule has 2 rings (SSSR count). The van der Waals surface area contributed by atoms with Gasteiger partial charge in [0.1, 0.15) is 0 Å². The molecule has 4 heteroatoms. The van der Waals surface area contributed by atoms with Crippen molar-refractivity contribution in [3.63, 3.8) is 0 Å². The van der Waals surface area contributed by atoms with Gasteiger partial charge in [0.15, 0.2) is 0 Å². The van der Waals surface area contributed by atoms with Crippen LogP contribution in [0.3, 0.4) is 0 Å². The van der Waals surface area contributed by atoms with E-state index in [0.29, 0.717) is 0 Å². The summed E-state index contributed by atoms with van der Waals surface area (Å²) in [6.45, 7) is 0. The summed E-state index contributed by atoms with van der Waals surface area (Å²) in [5, 5.41) is 6.45. The Morgan fingerprint density at radius 1 is 0.778 bits per heavy atom. The Hall–Kier alpha value is -0.381. The maximum atomic E-state index is 3.29. The zero-order valence-corrected chi connectivity index (χ0v) is 15.1. The quantitative estimate of drug-likeness (QED) is 0.643. The van der Waals surface area contributed by atoms with Crippen LogP contribution < -0.4 is 17.9 Å². The van der Waals surface area contributed by atoms with Gasteiger partial charge in [-0.2, -0.15) is 0 Å². The van der Waals surface area contributed by atoms with Crippen molar-refractivity contribution in [2.24, 2.45) is 0 Å². The van der Waals surface area contributed by atoms with Gasteiger partial charge in [-0.15, -0.1) is 0 Å². The Bertz CT molecular complexity index is 497. The molecule has 94 valence electrons. The number of hydrogen-bond donors (Lipinski definition) is 2. The molecule has 18 heavy (non-hydrogen) atoms. The van der Waals surface area contributed by atoms with Crippen LogP contribution in [0, 0.1) is 0 Å². The summed E-state index contributed by atoms with van der Waals surface area (Å²) in [5.41, 5.74) is 2.51. The Morgan fingerprint density at radius 3 is 2.17 bits per heavy atom. The van der Waals surface area contributed by atoms with Crippen LogP contribution in [0.1, 0.15) is 0 Å². The molecule has 0 saturated heterocycles. The molecule has 0 aromatic heterocycles. The first-order valence-corrected chi connectivity index (χ1v) is 15.4. The first-order valence-electron chi connectivity index (χ1n) is 5.72. The Kier molecular flexibility index (Phi) is 5.67. The third-order valence-corrected chi connectivity index (χ3v) is 14.3. The van der Waals surface area contributed by atoms with Crippen LogP contribution in [0.4, 0.5) is 11.4 Å². The maximum absolute atomic E-state index is 3.29. The van der Waals surface area contributed by atoms with Crippen molar-refractivity contribution in [3.8, 4) is 0 Å². The second-order valence-electron chi connectivity index (χ2n) is 3.69. The van der Waals surface area contributed by atoms with Crippen LogP contribution in [0.15, 0.2) is 48.5 Å². The number of para-hydroxylation sites is 1. The number of benzene rings is 2. The standard InChI is InChI=1S/C14H16N2Te2/c1-15-11-7-9-12(10-8-11)17-18-14-6-4-3-5-13(14)16-2/h3-10,15-16H,1-2H3. The average molecular weight is 467 g/mol. The number of hydrogen-bond acceptors (Lipinski definition) is 2. The Labute approximate surface area is 125 Å². The van der Waals surface area contributed by atoms with Crippen LogP contribution >= 0.6 is 0 Å². The van der Waals surface area contributed by atoms with Crippen molar-refractivity contribution < 1.29 is 0 Å². The summed E-state index contributed by atoms with van der Waals surface area (Å²) in [7, 11) is 3.97. The van der Waals surface area contributed by atoms with Gasteiger partial charge in [0.2, 0.25) is 0 Å². The second kappa shape index (κ2) is 7.27. The predicted molar refractivity (Wildman–Crippen MR) is 82.8 cm³/mol. The SMILES string of the molecule is CNc1ccc([Te][Te]c2ccccc2NC)cc1. The molecule has 0 fully saturated rings. The van der Waals surface area contributed by atoms with Gasteiger partial charge >= 0.3 is 126 Å². The monoisotopic (exact) mass is 472 g/mol. The van der Waals surface area contributed by atoms with Gasteiger partial charge in [0.25, 0.3) is 0 Å². The molecule has 0 radical (unpaired) electrons. The third kappa shape index (κ3) is 3.81. The molecule has 0 bridgehead atoms. The number of rotatable bonds is 5. The Morgan fingerprint density at radius 2 is 1.50 bits per heavy atom. The second-order valence-corrected chi connectivity index (χ2v) is 13.6. The molecule has 0 aliphatic rings. The van der Waals surface area contributed by atoms with Crippen molar-refractivity contribution in [3.05, 3.63) is 48.5 Å². The van der Waals surface area contributed by atoms with E-state index < -0.39 is 0 Å². The molecule has 0 amide bonds. The van der Waals surface area contributed by atoms with Gasteiger partial charge in [-0.1, -0.05) is 0 Å². The third-order valence-electron chi connectivity index (χ3n) is 2.53. The van der Waals surface area contributed by atoms with Gasteiger partial charge in [-0.3, -0.25) is 0 Å². The molecular weight excluding hydrogens is 451 g/mol. The summed E-state index contributed by atoms with van der Waals surface area (Å²) in [6.07, 6.45) is 0. The average Bonchev–Trinajstić information content (AvgIpc) is 2.46. The van der Waals surface area contributed by atoms with Gasteiger partial charge in [-0.05, 0) is 0 Å². The molecule has 0 aliphatic heterocycles. The molecule has 2 aromatic carbocycles. The summed E-state index contributed by atoms with van der Waals surface area (Å²) < 4.78 is 3.12. The van der Waals surface area contributed by atoms with Gasteiger partial charge in [0, 0.05) is 0 Å². The fourth-order valence-corrected chi connectivity index (χ4v) is 12.3. The van der Waals surface area contributed by atoms with E-state index in [1.807, 2.05) is 14.1 Å². The van der Waals surface area contributed by atoms with E-state index in [1.54, 1.807) is 7.22 Å². The van der Waals surface area contributed by atoms with Crippen LogP contribution in [0.25, 0.3) is 0 Å². The topological polar surface area (TPSA) is 24.1 Å². The summed E-state index contributed by atoms with van der Waals surface area (Å²) in [5.74, 6) is 0. The van der Waals surface area contributed by atoms with Crippen LogP contribution in [0.2, 0.25) is 0 Å². The van der Waals surface area contributed by atoms with Crippen LogP contribution in [-0.4, -0.2) is 48.2 Å². The summed E-state index contributed by atoms with van der Waals surface area (Å²) >= 11 is -0.0552. The van der Waals surface area contributed by atoms with Crippen molar-refractivity contribution in [2.45, 2.75) is 0 Å². The van der Waals surface area contributed by atoms with Crippen molar-refractivity contribution in [2.75, 3.05) is 24.7 Å². The van der Waals surface area contributed by atoms with E-state index in [-0.39, 0.29) is 34.1 Å².